The highest BCUT2D eigenvalue weighted by Crippen LogP contribution is 2.54. The Morgan fingerprint density at radius 1 is 0.380 bits per heavy atom. The van der Waals surface area contributed by atoms with Gasteiger partial charge in [-0.1, -0.05) is 0 Å². The SMILES string of the molecule is COCC(C)OP(=O)(OC)OCC(C)OP(=O)(OC)OCC(C)OP(=O)(OC)OC.COP(=O)(OC)OC(C)COP(=O)(OC)OC(C)CO. The van der Waals surface area contributed by atoms with Gasteiger partial charge in [0.15, 0.2) is 0 Å². The van der Waals surface area contributed by atoms with Crippen molar-refractivity contribution in [3.63, 3.8) is 0 Å². The summed E-state index contributed by atoms with van der Waals surface area (Å²) in [6, 6.07) is 0. The summed E-state index contributed by atoms with van der Waals surface area (Å²) in [5, 5.41) is 8.84. The molecule has 0 saturated carbocycles. The lowest BCUT2D eigenvalue weighted by atomic mass is 10.5. The molecule has 8 atom stereocenters. The molecule has 0 bridgehead atoms. The van der Waals surface area contributed by atoms with Crippen LogP contribution in [0.3, 0.4) is 0 Å². The fraction of sp³-hybridized carbons (Fsp3) is 1.00. The number of aliphatic hydroxyl groups is 1. The van der Waals surface area contributed by atoms with Crippen molar-refractivity contribution in [2.45, 2.75) is 65.1 Å². The minimum Gasteiger partial charge on any atom is -0.394 e. The lowest BCUT2D eigenvalue weighted by Crippen LogP contribution is -2.20. The van der Waals surface area contributed by atoms with E-state index in [0.29, 0.717) is 0 Å². The highest BCUT2D eigenvalue weighted by molar-refractivity contribution is 7.49. The van der Waals surface area contributed by atoms with Crippen LogP contribution in [0.1, 0.15) is 34.6 Å². The van der Waals surface area contributed by atoms with E-state index in [2.05, 4.69) is 22.6 Å². The van der Waals surface area contributed by atoms with Crippen LogP contribution in [-0.4, -0.2) is 126 Å². The standard InChI is InChI=1S/C14H33O13P3.C9H22O9P2/c1-12(9-18-4)26-29(16,21-7)24-11-14(3)27-30(17,22-8)23-10-13(2)25-28(15,19-5)20-6;1-8(6-10)17-20(12,15-5)16-7-9(2)18-19(11,13-3)14-4/h12-14H,9-11H2,1-8H3;8-10H,6-7H2,1-5H3. The van der Waals surface area contributed by atoms with Crippen LogP contribution >= 0.6 is 39.1 Å². The van der Waals surface area contributed by atoms with E-state index in [4.69, 9.17) is 55.1 Å². The van der Waals surface area contributed by atoms with Crippen LogP contribution in [0, 0.1) is 0 Å². The number of hydrogen-bond donors (Lipinski definition) is 1. The molecule has 0 rings (SSSR count). The fourth-order valence-corrected chi connectivity index (χ4v) is 7.87. The maximum atomic E-state index is 12.6. The third kappa shape index (κ3) is 22.6. The lowest BCUT2D eigenvalue weighted by Gasteiger charge is -2.24. The molecule has 50 heavy (non-hydrogen) atoms. The molecule has 0 aliphatic carbocycles. The molecule has 0 aromatic carbocycles. The Kier molecular flexibility index (Phi) is 27.7. The van der Waals surface area contributed by atoms with E-state index < -0.39 is 69.6 Å². The molecule has 0 saturated heterocycles. The van der Waals surface area contributed by atoms with Crippen LogP contribution in [0.4, 0.5) is 0 Å². The van der Waals surface area contributed by atoms with Gasteiger partial charge in [0.1, 0.15) is 0 Å². The molecule has 8 unspecified atom stereocenters. The largest absolute Gasteiger partial charge is 0.474 e. The minimum atomic E-state index is -4.04. The molecule has 0 fully saturated rings. The molecule has 0 spiro atoms. The second kappa shape index (κ2) is 26.3. The first kappa shape index (κ1) is 52.6. The van der Waals surface area contributed by atoms with E-state index in [9.17, 15) is 22.8 Å². The Bertz CT molecular complexity index is 1130. The Morgan fingerprint density at radius 3 is 0.820 bits per heavy atom. The number of aliphatic hydroxyl groups excluding tert-OH is 1. The Hall–Kier alpha value is 0.470. The maximum Gasteiger partial charge on any atom is 0.474 e. The Labute approximate surface area is 294 Å². The Morgan fingerprint density at radius 2 is 0.600 bits per heavy atom. The van der Waals surface area contributed by atoms with Crippen LogP contribution in [0.5, 0.6) is 0 Å². The molecule has 22 nitrogen and oxygen atoms in total. The van der Waals surface area contributed by atoms with E-state index in [-0.39, 0.29) is 33.0 Å². The monoisotopic (exact) mass is 838 g/mol. The predicted molar refractivity (Wildman–Crippen MR) is 177 cm³/mol. The molecule has 0 aromatic rings. The first-order valence-corrected chi connectivity index (χ1v) is 21.8. The highest BCUT2D eigenvalue weighted by Gasteiger charge is 2.35. The maximum absolute atomic E-state index is 12.6. The minimum absolute atomic E-state index is 0.175. The van der Waals surface area contributed by atoms with E-state index in [1.54, 1.807) is 6.92 Å². The summed E-state index contributed by atoms with van der Waals surface area (Å²) in [6.07, 6.45) is -3.75. The van der Waals surface area contributed by atoms with Crippen molar-refractivity contribution in [3.05, 3.63) is 0 Å². The van der Waals surface area contributed by atoms with Gasteiger partial charge < -0.3 is 9.84 Å². The zero-order valence-corrected chi connectivity index (χ0v) is 35.2. The van der Waals surface area contributed by atoms with Crippen molar-refractivity contribution in [3.8, 4) is 0 Å². The van der Waals surface area contributed by atoms with Crippen LogP contribution in [-0.2, 0) is 95.4 Å². The molecule has 0 heterocycles. The van der Waals surface area contributed by atoms with Gasteiger partial charge in [-0.2, -0.15) is 0 Å². The summed E-state index contributed by atoms with van der Waals surface area (Å²) in [7, 11) is -9.61. The van der Waals surface area contributed by atoms with Gasteiger partial charge in [0.05, 0.1) is 63.6 Å². The van der Waals surface area contributed by atoms with Gasteiger partial charge in [-0.15, -0.1) is 0 Å². The fourth-order valence-electron chi connectivity index (χ4n) is 2.78. The summed E-state index contributed by atoms with van der Waals surface area (Å²) in [5.74, 6) is 0. The van der Waals surface area contributed by atoms with Gasteiger partial charge in [-0.25, -0.2) is 22.8 Å². The van der Waals surface area contributed by atoms with Crippen molar-refractivity contribution in [2.75, 3.05) is 89.9 Å². The van der Waals surface area contributed by atoms with Gasteiger partial charge in [-0.3, -0.25) is 67.9 Å². The molecule has 304 valence electrons. The van der Waals surface area contributed by atoms with Gasteiger partial charge in [0.25, 0.3) is 0 Å². The topological polar surface area (TPSA) is 253 Å². The number of phosphoric ester groups is 5. The lowest BCUT2D eigenvalue weighted by molar-refractivity contribution is 0.0203. The van der Waals surface area contributed by atoms with Crippen molar-refractivity contribution >= 4 is 39.1 Å². The van der Waals surface area contributed by atoms with Crippen LogP contribution in [0.25, 0.3) is 0 Å². The molecule has 0 radical (unpaired) electrons. The van der Waals surface area contributed by atoms with Crippen molar-refractivity contribution in [2.24, 2.45) is 0 Å². The van der Waals surface area contributed by atoms with E-state index in [1.165, 1.54) is 49.0 Å². The summed E-state index contributed by atoms with van der Waals surface area (Å²) >= 11 is 0. The van der Waals surface area contributed by atoms with Gasteiger partial charge >= 0.3 is 39.1 Å². The number of hydrogen-bond acceptors (Lipinski definition) is 22. The molecule has 0 aromatic heterocycles. The second-order valence-electron chi connectivity index (χ2n) is 9.62. The molecule has 0 aliphatic heterocycles. The normalized spacial score (nSPS) is 19.2. The van der Waals surface area contributed by atoms with Gasteiger partial charge in [0, 0.05) is 56.9 Å². The zero-order chi connectivity index (χ0) is 39.2. The summed E-state index contributed by atoms with van der Waals surface area (Å²) in [6.45, 7) is 6.59. The third-order valence-electron chi connectivity index (χ3n) is 5.17. The number of methoxy groups -OCH3 is 1. The average Bonchev–Trinajstić information content (AvgIpc) is 3.09. The smallest absolute Gasteiger partial charge is 0.394 e. The van der Waals surface area contributed by atoms with Crippen LogP contribution < -0.4 is 0 Å². The van der Waals surface area contributed by atoms with E-state index in [0.717, 1.165) is 35.5 Å². The van der Waals surface area contributed by atoms with Crippen molar-refractivity contribution in [1.29, 1.82) is 0 Å². The van der Waals surface area contributed by atoms with E-state index in [1.807, 2.05) is 0 Å². The quantitative estimate of drug-likeness (QED) is 0.0880. The summed E-state index contributed by atoms with van der Waals surface area (Å²) in [4.78, 5) is 0. The van der Waals surface area contributed by atoms with Crippen molar-refractivity contribution < 1.29 is 101 Å². The highest BCUT2D eigenvalue weighted by atomic mass is 31.2. The third-order valence-corrected chi connectivity index (χ3v) is 12.8. The van der Waals surface area contributed by atoms with Crippen LogP contribution in [0.2, 0.25) is 0 Å². The molecular formula is C23H55O22P5. The number of rotatable bonds is 29. The van der Waals surface area contributed by atoms with E-state index >= 15 is 0 Å². The zero-order valence-electron chi connectivity index (χ0n) is 30.7. The van der Waals surface area contributed by atoms with Crippen LogP contribution in [0.15, 0.2) is 0 Å². The Balaban J connectivity index is 0. The average molecular weight is 839 g/mol. The second-order valence-corrected chi connectivity index (χ2v) is 18.5. The number of ether oxygens (including phenoxy) is 1. The van der Waals surface area contributed by atoms with Gasteiger partial charge in [0.2, 0.25) is 0 Å². The first-order valence-electron chi connectivity index (χ1n) is 14.5. The summed E-state index contributed by atoms with van der Waals surface area (Å²) in [5.41, 5.74) is 0. The number of phosphoric acid groups is 5. The van der Waals surface area contributed by atoms with Gasteiger partial charge in [-0.05, 0) is 34.6 Å². The molecular weight excluding hydrogens is 783 g/mol. The molecule has 27 heteroatoms. The molecule has 0 amide bonds. The molecule has 1 N–H and O–H groups in total. The summed E-state index contributed by atoms with van der Waals surface area (Å²) < 4.78 is 139. The predicted octanol–water partition coefficient (Wildman–Crippen LogP) is 5.75. The molecule has 0 aliphatic rings. The first-order chi connectivity index (χ1) is 23.1. The van der Waals surface area contributed by atoms with Crippen molar-refractivity contribution in [1.82, 2.24) is 0 Å².